The maximum atomic E-state index is 13.5. The summed E-state index contributed by atoms with van der Waals surface area (Å²) in [6.45, 7) is -1.40. The third-order valence-electron chi connectivity index (χ3n) is 5.98. The number of nitrogens with one attached hydrogen (secondary N) is 1. The van der Waals surface area contributed by atoms with Crippen LogP contribution in [0.5, 0.6) is 0 Å². The van der Waals surface area contributed by atoms with Crippen molar-refractivity contribution in [3.05, 3.63) is 77.9 Å². The Bertz CT molecular complexity index is 1270. The van der Waals surface area contributed by atoms with E-state index in [9.17, 15) is 23.6 Å². The van der Waals surface area contributed by atoms with E-state index in [0.717, 1.165) is 21.9 Å². The number of anilines is 1. The number of amides is 2. The molecule has 2 amide bonds. The highest BCUT2D eigenvalue weighted by Gasteiger charge is 2.39. The lowest BCUT2D eigenvalue weighted by molar-refractivity contribution is -0.140. The van der Waals surface area contributed by atoms with Gasteiger partial charge in [-0.2, -0.15) is 0 Å². The summed E-state index contributed by atoms with van der Waals surface area (Å²) in [6.07, 6.45) is -0.494. The summed E-state index contributed by atoms with van der Waals surface area (Å²) >= 11 is 0. The summed E-state index contributed by atoms with van der Waals surface area (Å²) in [6, 6.07) is 18.0. The van der Waals surface area contributed by atoms with E-state index in [1.54, 1.807) is 18.2 Å². The van der Waals surface area contributed by atoms with Gasteiger partial charge in [0.2, 0.25) is 11.8 Å². The fourth-order valence-electron chi connectivity index (χ4n) is 4.38. The Morgan fingerprint density at radius 3 is 2.47 bits per heavy atom. The molecule has 7 nitrogen and oxygen atoms in total. The Hall–Kier alpha value is -4.07. The van der Waals surface area contributed by atoms with Crippen LogP contribution in [-0.2, 0) is 32.0 Å². The number of hydrogen-bond acceptors (Lipinski definition) is 4. The van der Waals surface area contributed by atoms with Crippen LogP contribution in [0.2, 0.25) is 0 Å². The Balaban J connectivity index is 1.62. The van der Waals surface area contributed by atoms with Gasteiger partial charge < -0.3 is 10.4 Å². The zero-order chi connectivity index (χ0) is 24.2. The molecule has 4 rings (SSSR count). The average Bonchev–Trinajstić information content (AvgIpc) is 3.23. The van der Waals surface area contributed by atoms with Crippen molar-refractivity contribution in [3.63, 3.8) is 0 Å². The highest BCUT2D eigenvalue weighted by atomic mass is 19.1. The number of benzene rings is 3. The van der Waals surface area contributed by atoms with Crippen molar-refractivity contribution < 1.29 is 28.7 Å². The number of fused-ring (bicyclic) bond motifs is 2. The van der Waals surface area contributed by atoms with Crippen molar-refractivity contribution in [2.75, 3.05) is 11.6 Å². The number of hydrogen-bond donors (Lipinski definition) is 2. The van der Waals surface area contributed by atoms with Gasteiger partial charge in [-0.1, -0.05) is 60.7 Å². The van der Waals surface area contributed by atoms with Crippen LogP contribution in [0.15, 0.2) is 66.7 Å². The van der Waals surface area contributed by atoms with Crippen LogP contribution in [0.25, 0.3) is 10.8 Å². The molecule has 0 saturated heterocycles. The molecule has 1 heterocycles. The van der Waals surface area contributed by atoms with E-state index in [2.05, 4.69) is 5.32 Å². The number of ketones is 1. The van der Waals surface area contributed by atoms with Crippen LogP contribution in [0.1, 0.15) is 17.5 Å². The first-order valence-corrected chi connectivity index (χ1v) is 10.9. The molecule has 3 aromatic carbocycles. The van der Waals surface area contributed by atoms with E-state index in [-0.39, 0.29) is 18.7 Å². The van der Waals surface area contributed by atoms with Gasteiger partial charge in [0.1, 0.15) is 18.8 Å². The van der Waals surface area contributed by atoms with E-state index < -0.39 is 42.8 Å². The molecule has 0 aromatic heterocycles. The van der Waals surface area contributed by atoms with E-state index in [1.165, 1.54) is 4.90 Å². The SMILES string of the molecule is O=C(O)CC(NC(=O)[C@@H]1Cc2ccccc2N1C(=O)Cc1cccc2ccccc12)C(=O)CF. The maximum absolute atomic E-state index is 13.5. The van der Waals surface area contributed by atoms with Gasteiger partial charge in [-0.25, -0.2) is 4.39 Å². The lowest BCUT2D eigenvalue weighted by Gasteiger charge is -2.26. The monoisotopic (exact) mass is 462 g/mol. The minimum absolute atomic E-state index is 0.0431. The molecule has 0 spiro atoms. The van der Waals surface area contributed by atoms with Crippen LogP contribution < -0.4 is 10.2 Å². The standard InChI is InChI=1S/C26H23FN2O5/c27-15-23(30)20(14-25(32)33)28-26(34)22-12-18-7-2-4-11-21(18)29(22)24(31)13-17-9-5-8-16-6-1-3-10-19(16)17/h1-11,20,22H,12-15H2,(H,28,34)(H,32,33)/t20?,22-/m0/s1. The van der Waals surface area contributed by atoms with Crippen LogP contribution in [0.4, 0.5) is 10.1 Å². The number of aliphatic carboxylic acids is 1. The Kier molecular flexibility index (Phi) is 6.67. The Morgan fingerprint density at radius 1 is 1.00 bits per heavy atom. The normalized spacial score (nSPS) is 15.6. The van der Waals surface area contributed by atoms with Crippen LogP contribution in [0, 0.1) is 0 Å². The summed E-state index contributed by atoms with van der Waals surface area (Å²) < 4.78 is 12.9. The molecule has 2 atom stereocenters. The number of halogens is 1. The van der Waals surface area contributed by atoms with Gasteiger partial charge in [0.25, 0.3) is 0 Å². The van der Waals surface area contributed by atoms with Crippen LogP contribution >= 0.6 is 0 Å². The largest absolute Gasteiger partial charge is 0.481 e. The molecule has 174 valence electrons. The van der Waals surface area contributed by atoms with Crippen molar-refractivity contribution in [2.45, 2.75) is 31.3 Å². The molecule has 0 radical (unpaired) electrons. The molecule has 1 aliphatic heterocycles. The van der Waals surface area contributed by atoms with Gasteiger partial charge >= 0.3 is 5.97 Å². The molecule has 2 N–H and O–H groups in total. The zero-order valence-corrected chi connectivity index (χ0v) is 18.2. The van der Waals surface area contributed by atoms with Crippen molar-refractivity contribution in [2.24, 2.45) is 0 Å². The number of rotatable bonds is 8. The number of alkyl halides is 1. The van der Waals surface area contributed by atoms with Gasteiger partial charge in [-0.15, -0.1) is 0 Å². The third-order valence-corrected chi connectivity index (χ3v) is 5.98. The first-order valence-electron chi connectivity index (χ1n) is 10.9. The molecule has 34 heavy (non-hydrogen) atoms. The number of para-hydroxylation sites is 1. The van der Waals surface area contributed by atoms with Gasteiger partial charge in [-0.3, -0.25) is 24.1 Å². The Morgan fingerprint density at radius 2 is 1.71 bits per heavy atom. The molecule has 1 unspecified atom stereocenters. The lowest BCUT2D eigenvalue weighted by atomic mass is 10.0. The fourth-order valence-corrected chi connectivity index (χ4v) is 4.38. The minimum atomic E-state index is -1.51. The maximum Gasteiger partial charge on any atom is 0.305 e. The number of nitrogens with zero attached hydrogens (tertiary/aromatic N) is 1. The molecular weight excluding hydrogens is 439 g/mol. The molecule has 0 aliphatic carbocycles. The van der Waals surface area contributed by atoms with Gasteiger partial charge in [-0.05, 0) is 28.0 Å². The summed E-state index contributed by atoms with van der Waals surface area (Å²) in [5, 5.41) is 13.3. The van der Waals surface area contributed by atoms with Crippen molar-refractivity contribution in [1.29, 1.82) is 0 Å². The van der Waals surface area contributed by atoms with Crippen LogP contribution in [-0.4, -0.2) is 47.4 Å². The minimum Gasteiger partial charge on any atom is -0.481 e. The van der Waals surface area contributed by atoms with Gasteiger partial charge in [0.15, 0.2) is 5.78 Å². The first-order chi connectivity index (χ1) is 16.4. The molecular formula is C26H23FN2O5. The molecule has 0 bridgehead atoms. The molecule has 0 saturated carbocycles. The molecule has 0 fully saturated rings. The number of carbonyl (C=O) groups excluding carboxylic acids is 3. The summed E-state index contributed by atoms with van der Waals surface area (Å²) in [7, 11) is 0. The Labute approximate surface area is 195 Å². The average molecular weight is 462 g/mol. The molecule has 1 aliphatic rings. The van der Waals surface area contributed by atoms with Crippen LogP contribution in [0.3, 0.4) is 0 Å². The summed E-state index contributed by atoms with van der Waals surface area (Å²) in [5.74, 6) is -3.38. The number of carbonyl (C=O) groups is 4. The molecule has 3 aromatic rings. The van der Waals surface area contributed by atoms with E-state index in [4.69, 9.17) is 5.11 Å². The smallest absolute Gasteiger partial charge is 0.305 e. The topological polar surface area (TPSA) is 104 Å². The third kappa shape index (κ3) is 4.66. The lowest BCUT2D eigenvalue weighted by Crippen LogP contribution is -2.53. The van der Waals surface area contributed by atoms with Crippen molar-refractivity contribution in [3.8, 4) is 0 Å². The van der Waals surface area contributed by atoms with Gasteiger partial charge in [0.05, 0.1) is 12.8 Å². The van der Waals surface area contributed by atoms with Gasteiger partial charge in [0, 0.05) is 12.1 Å². The zero-order valence-electron chi connectivity index (χ0n) is 18.2. The highest BCUT2D eigenvalue weighted by Crippen LogP contribution is 2.33. The van der Waals surface area contributed by atoms with E-state index in [0.29, 0.717) is 5.69 Å². The van der Waals surface area contributed by atoms with E-state index in [1.807, 2.05) is 48.5 Å². The summed E-state index contributed by atoms with van der Waals surface area (Å²) in [5.41, 5.74) is 2.17. The first kappa shape index (κ1) is 23.1. The quantitative estimate of drug-likeness (QED) is 0.536. The predicted molar refractivity (Wildman–Crippen MR) is 124 cm³/mol. The van der Waals surface area contributed by atoms with Crippen molar-refractivity contribution >= 4 is 40.0 Å². The fraction of sp³-hybridized carbons (Fsp3) is 0.231. The number of carboxylic acids is 1. The highest BCUT2D eigenvalue weighted by molar-refractivity contribution is 6.06. The molecule has 8 heteroatoms. The predicted octanol–water partition coefficient (Wildman–Crippen LogP) is 2.84. The number of carboxylic acid groups (broad SMARTS) is 1. The second kappa shape index (κ2) is 9.82. The second-order valence-corrected chi connectivity index (χ2v) is 8.19. The second-order valence-electron chi connectivity index (χ2n) is 8.19. The summed E-state index contributed by atoms with van der Waals surface area (Å²) in [4.78, 5) is 51.0. The van der Waals surface area contributed by atoms with E-state index >= 15 is 0 Å². The number of Topliss-reactive ketones (excluding diaryl/α,β-unsaturated/α-hetero) is 1. The van der Waals surface area contributed by atoms with Crippen molar-refractivity contribution in [1.82, 2.24) is 5.32 Å².